The van der Waals surface area contributed by atoms with E-state index in [0.717, 1.165) is 37.8 Å². The first-order valence-corrected chi connectivity index (χ1v) is 6.04. The molecular weight excluding hydrogens is 206 g/mol. The second-order valence-corrected chi connectivity index (χ2v) is 4.19. The summed E-state index contributed by atoms with van der Waals surface area (Å²) in [7, 11) is 0. The van der Waals surface area contributed by atoms with Gasteiger partial charge in [-0.3, -0.25) is 4.90 Å². The topological polar surface area (TPSA) is 18.5 Å². The molecule has 15 heavy (non-hydrogen) atoms. The van der Waals surface area contributed by atoms with Crippen molar-refractivity contribution in [2.24, 2.45) is 0 Å². The fourth-order valence-corrected chi connectivity index (χ4v) is 2.03. The Labute approximate surface area is 98.1 Å². The summed E-state index contributed by atoms with van der Waals surface area (Å²) in [6.45, 7) is 12.2. The average Bonchev–Trinajstić information content (AvgIpc) is 2.27. The largest absolute Gasteiger partial charge is 0.359 e. The van der Waals surface area contributed by atoms with Gasteiger partial charge < -0.3 is 10.2 Å². The summed E-state index contributed by atoms with van der Waals surface area (Å²) in [5.74, 6) is 0. The van der Waals surface area contributed by atoms with E-state index in [-0.39, 0.29) is 0 Å². The lowest BCUT2D eigenvalue weighted by Gasteiger charge is -2.36. The van der Waals surface area contributed by atoms with Gasteiger partial charge in [-0.1, -0.05) is 13.0 Å². The quantitative estimate of drug-likeness (QED) is 0.572. The van der Waals surface area contributed by atoms with Crippen LogP contribution in [0.2, 0.25) is 0 Å². The Morgan fingerprint density at radius 3 is 2.60 bits per heavy atom. The Balaban J connectivity index is 2.24. The van der Waals surface area contributed by atoms with E-state index in [1.54, 1.807) is 0 Å². The summed E-state index contributed by atoms with van der Waals surface area (Å²) >= 11 is 5.29. The maximum Gasteiger partial charge on any atom is 0.169 e. The van der Waals surface area contributed by atoms with E-state index < -0.39 is 0 Å². The first-order chi connectivity index (χ1) is 7.27. The van der Waals surface area contributed by atoms with Crippen molar-refractivity contribution in [2.75, 3.05) is 39.3 Å². The lowest BCUT2D eigenvalue weighted by atomic mass is 10.3. The highest BCUT2D eigenvalue weighted by atomic mass is 32.1. The molecule has 0 spiro atoms. The highest BCUT2D eigenvalue weighted by molar-refractivity contribution is 7.80. The smallest absolute Gasteiger partial charge is 0.169 e. The maximum absolute atomic E-state index is 5.29. The molecule has 0 radical (unpaired) electrons. The molecule has 0 saturated carbocycles. The van der Waals surface area contributed by atoms with Gasteiger partial charge in [0.15, 0.2) is 5.11 Å². The number of hydrogen-bond acceptors (Lipinski definition) is 2. The zero-order chi connectivity index (χ0) is 11.1. The van der Waals surface area contributed by atoms with Crippen molar-refractivity contribution in [1.29, 1.82) is 0 Å². The van der Waals surface area contributed by atoms with Gasteiger partial charge in [0, 0.05) is 32.7 Å². The molecule has 0 bridgehead atoms. The van der Waals surface area contributed by atoms with Crippen LogP contribution in [0.3, 0.4) is 0 Å². The van der Waals surface area contributed by atoms with Crippen LogP contribution >= 0.6 is 12.2 Å². The van der Waals surface area contributed by atoms with Gasteiger partial charge in [-0.15, -0.1) is 6.58 Å². The number of rotatable bonds is 4. The van der Waals surface area contributed by atoms with E-state index in [0.29, 0.717) is 0 Å². The molecule has 0 aromatic rings. The molecule has 0 amide bonds. The normalized spacial score (nSPS) is 17.5. The van der Waals surface area contributed by atoms with Crippen LogP contribution in [0, 0.1) is 0 Å². The minimum atomic E-state index is 0.758. The Bertz CT molecular complexity index is 210. The van der Waals surface area contributed by atoms with Crippen molar-refractivity contribution in [2.45, 2.75) is 13.3 Å². The van der Waals surface area contributed by atoms with Gasteiger partial charge in [-0.2, -0.15) is 0 Å². The lowest BCUT2D eigenvalue weighted by molar-refractivity contribution is 0.182. The van der Waals surface area contributed by atoms with Gasteiger partial charge in [0.05, 0.1) is 0 Å². The Morgan fingerprint density at radius 2 is 2.07 bits per heavy atom. The predicted octanol–water partition coefficient (Wildman–Crippen LogP) is 1.07. The molecule has 1 aliphatic rings. The monoisotopic (exact) mass is 227 g/mol. The van der Waals surface area contributed by atoms with Crippen molar-refractivity contribution in [3.8, 4) is 0 Å². The molecule has 0 atom stereocenters. The van der Waals surface area contributed by atoms with E-state index in [9.17, 15) is 0 Å². The molecule has 1 saturated heterocycles. The van der Waals surface area contributed by atoms with Crippen LogP contribution in [0.5, 0.6) is 0 Å². The van der Waals surface area contributed by atoms with Gasteiger partial charge in [0.25, 0.3) is 0 Å². The predicted molar refractivity (Wildman–Crippen MR) is 69.1 cm³/mol. The fourth-order valence-electron chi connectivity index (χ4n) is 1.76. The standard InChI is InChI=1S/C11H21N3S/c1-3-5-12-11(15)14-9-7-13(6-4-2)8-10-14/h3H,1,4-10H2,2H3,(H,12,15). The molecule has 1 heterocycles. The van der Waals surface area contributed by atoms with Crippen molar-refractivity contribution < 1.29 is 0 Å². The third-order valence-electron chi connectivity index (χ3n) is 2.60. The van der Waals surface area contributed by atoms with Gasteiger partial charge in [0.1, 0.15) is 0 Å². The van der Waals surface area contributed by atoms with Gasteiger partial charge in [0.2, 0.25) is 0 Å². The highest BCUT2D eigenvalue weighted by Gasteiger charge is 2.17. The van der Waals surface area contributed by atoms with Crippen LogP contribution in [0.1, 0.15) is 13.3 Å². The van der Waals surface area contributed by atoms with E-state index in [1.807, 2.05) is 6.08 Å². The Kier molecular flexibility index (Phi) is 5.65. The average molecular weight is 227 g/mol. The SMILES string of the molecule is C=CCNC(=S)N1CCN(CCC)CC1. The molecule has 0 aromatic carbocycles. The molecule has 3 nitrogen and oxygen atoms in total. The summed E-state index contributed by atoms with van der Waals surface area (Å²) in [6.07, 6.45) is 3.07. The zero-order valence-electron chi connectivity index (χ0n) is 9.54. The highest BCUT2D eigenvalue weighted by Crippen LogP contribution is 2.02. The molecule has 86 valence electrons. The van der Waals surface area contributed by atoms with Gasteiger partial charge in [-0.05, 0) is 25.2 Å². The Morgan fingerprint density at radius 1 is 1.40 bits per heavy atom. The molecule has 1 aliphatic heterocycles. The van der Waals surface area contributed by atoms with Crippen molar-refractivity contribution in [3.63, 3.8) is 0 Å². The molecule has 0 aromatic heterocycles. The van der Waals surface area contributed by atoms with Crippen LogP contribution in [0.15, 0.2) is 12.7 Å². The van der Waals surface area contributed by atoms with Gasteiger partial charge >= 0.3 is 0 Å². The summed E-state index contributed by atoms with van der Waals surface area (Å²) in [5, 5.41) is 4.04. The second kappa shape index (κ2) is 6.80. The van der Waals surface area contributed by atoms with Crippen LogP contribution in [0.4, 0.5) is 0 Å². The number of nitrogens with one attached hydrogen (secondary N) is 1. The molecule has 4 heteroatoms. The van der Waals surface area contributed by atoms with E-state index in [2.05, 4.69) is 28.6 Å². The number of thiocarbonyl (C=S) groups is 1. The number of hydrogen-bond donors (Lipinski definition) is 1. The van der Waals surface area contributed by atoms with Gasteiger partial charge in [-0.25, -0.2) is 0 Å². The van der Waals surface area contributed by atoms with Crippen LogP contribution in [-0.4, -0.2) is 54.2 Å². The number of piperazine rings is 1. The maximum atomic E-state index is 5.29. The first-order valence-electron chi connectivity index (χ1n) is 5.64. The molecular formula is C11H21N3S. The fraction of sp³-hybridized carbons (Fsp3) is 0.727. The zero-order valence-corrected chi connectivity index (χ0v) is 10.4. The van der Waals surface area contributed by atoms with Crippen molar-refractivity contribution in [1.82, 2.24) is 15.1 Å². The van der Waals surface area contributed by atoms with Crippen LogP contribution < -0.4 is 5.32 Å². The van der Waals surface area contributed by atoms with E-state index in [4.69, 9.17) is 12.2 Å². The van der Waals surface area contributed by atoms with Crippen molar-refractivity contribution >= 4 is 17.3 Å². The minimum absolute atomic E-state index is 0.758. The van der Waals surface area contributed by atoms with E-state index in [1.165, 1.54) is 13.0 Å². The summed E-state index contributed by atoms with van der Waals surface area (Å²) in [5.41, 5.74) is 0. The molecule has 1 N–H and O–H groups in total. The third-order valence-corrected chi connectivity index (χ3v) is 3.00. The van der Waals surface area contributed by atoms with Crippen LogP contribution in [0.25, 0.3) is 0 Å². The molecule has 1 fully saturated rings. The third kappa shape index (κ3) is 4.18. The summed E-state index contributed by atoms with van der Waals surface area (Å²) in [6, 6.07) is 0. The van der Waals surface area contributed by atoms with Crippen molar-refractivity contribution in [3.05, 3.63) is 12.7 Å². The molecule has 0 unspecified atom stereocenters. The van der Waals surface area contributed by atoms with Crippen LogP contribution in [-0.2, 0) is 0 Å². The molecule has 1 rings (SSSR count). The lowest BCUT2D eigenvalue weighted by Crippen LogP contribution is -2.51. The number of nitrogens with zero attached hydrogens (tertiary/aromatic N) is 2. The molecule has 0 aliphatic carbocycles. The van der Waals surface area contributed by atoms with E-state index >= 15 is 0 Å². The summed E-state index contributed by atoms with van der Waals surface area (Å²) in [4.78, 5) is 4.73. The summed E-state index contributed by atoms with van der Waals surface area (Å²) < 4.78 is 0. The minimum Gasteiger partial charge on any atom is -0.359 e. The first kappa shape index (κ1) is 12.5. The second-order valence-electron chi connectivity index (χ2n) is 3.80. The Hall–Kier alpha value is -0.610.